The number of hydrogen-bond acceptors (Lipinski definition) is 6. The van der Waals surface area contributed by atoms with Crippen molar-refractivity contribution in [3.63, 3.8) is 0 Å². The quantitative estimate of drug-likeness (QED) is 0.378. The van der Waals surface area contributed by atoms with Crippen LogP contribution in [0.2, 0.25) is 0 Å². The molecule has 0 aliphatic heterocycles. The van der Waals surface area contributed by atoms with Crippen LogP contribution in [-0.2, 0) is 14.8 Å². The van der Waals surface area contributed by atoms with E-state index in [2.05, 4.69) is 10.3 Å². The van der Waals surface area contributed by atoms with Crippen molar-refractivity contribution in [1.29, 1.82) is 0 Å². The van der Waals surface area contributed by atoms with Crippen LogP contribution in [0.1, 0.15) is 26.5 Å². The van der Waals surface area contributed by atoms with Crippen LogP contribution in [0.25, 0.3) is 6.08 Å². The van der Waals surface area contributed by atoms with Crippen molar-refractivity contribution in [1.82, 2.24) is 9.29 Å². The van der Waals surface area contributed by atoms with E-state index < -0.39 is 15.9 Å². The zero-order valence-corrected chi connectivity index (χ0v) is 20.8. The van der Waals surface area contributed by atoms with Crippen molar-refractivity contribution >= 4 is 27.7 Å². The number of benzene rings is 2. The number of aromatic nitrogens is 1. The molecule has 1 heterocycles. The lowest BCUT2D eigenvalue weighted by Gasteiger charge is -2.20. The van der Waals surface area contributed by atoms with Gasteiger partial charge in [-0.3, -0.25) is 9.78 Å². The highest BCUT2D eigenvalue weighted by atomic mass is 32.2. The zero-order chi connectivity index (χ0) is 25.3. The smallest absolute Gasteiger partial charge is 0.248 e. The molecule has 1 N–H and O–H groups in total. The summed E-state index contributed by atoms with van der Waals surface area (Å²) in [6.07, 6.45) is 4.52. The van der Waals surface area contributed by atoms with E-state index in [4.69, 9.17) is 9.47 Å². The molecule has 8 nitrogen and oxygen atoms in total. The molecule has 0 radical (unpaired) electrons. The molecule has 35 heavy (non-hydrogen) atoms. The Bertz CT molecular complexity index is 1260. The fourth-order valence-corrected chi connectivity index (χ4v) is 4.76. The number of nitrogens with one attached hydrogen (secondary N) is 1. The Balaban J connectivity index is 1.92. The molecule has 2 aromatic carbocycles. The van der Waals surface area contributed by atoms with Gasteiger partial charge in [-0.2, -0.15) is 4.31 Å². The maximum Gasteiger partial charge on any atom is 0.248 e. The van der Waals surface area contributed by atoms with Gasteiger partial charge in [-0.1, -0.05) is 19.9 Å². The van der Waals surface area contributed by atoms with E-state index in [1.54, 1.807) is 62.5 Å². The average molecular weight is 496 g/mol. The lowest BCUT2D eigenvalue weighted by Crippen LogP contribution is -2.30. The monoisotopic (exact) mass is 495 g/mol. The third-order valence-corrected chi connectivity index (χ3v) is 7.05. The van der Waals surface area contributed by atoms with Crippen LogP contribution in [0.5, 0.6) is 17.2 Å². The Morgan fingerprint density at radius 1 is 1.00 bits per heavy atom. The summed E-state index contributed by atoms with van der Waals surface area (Å²) in [6.45, 7) is 6.65. The number of carbonyl (C=O) groups excluding carboxylic acids is 1. The maximum absolute atomic E-state index is 13.0. The summed E-state index contributed by atoms with van der Waals surface area (Å²) in [4.78, 5) is 16.9. The second-order valence-electron chi connectivity index (χ2n) is 7.33. The highest BCUT2D eigenvalue weighted by molar-refractivity contribution is 7.89. The van der Waals surface area contributed by atoms with E-state index in [0.29, 0.717) is 42.6 Å². The van der Waals surface area contributed by atoms with Gasteiger partial charge < -0.3 is 14.8 Å². The number of carbonyl (C=O) groups is 1. The molecule has 0 atom stereocenters. The zero-order valence-electron chi connectivity index (χ0n) is 20.0. The molecule has 3 rings (SSSR count). The third-order valence-electron chi connectivity index (χ3n) is 5.01. The molecule has 0 spiro atoms. The molecular formula is C26H29N3O5S. The van der Waals surface area contributed by atoms with Crippen LogP contribution in [-0.4, -0.2) is 43.3 Å². The van der Waals surface area contributed by atoms with Crippen LogP contribution >= 0.6 is 0 Å². The van der Waals surface area contributed by atoms with Crippen LogP contribution in [0.15, 0.2) is 77.8 Å². The number of hydrogen-bond donors (Lipinski definition) is 1. The van der Waals surface area contributed by atoms with Gasteiger partial charge in [0.15, 0.2) is 5.75 Å². The predicted molar refractivity (Wildman–Crippen MR) is 136 cm³/mol. The van der Waals surface area contributed by atoms with E-state index in [-0.39, 0.29) is 10.6 Å². The van der Waals surface area contributed by atoms with Crippen molar-refractivity contribution in [2.75, 3.05) is 25.0 Å². The SMILES string of the molecule is CCOc1ccc(Oc2ccc(S(=O)(=O)N(CC)CC)cc2NC(=O)/C=C/c2ccccn2)cc1. The average Bonchev–Trinajstić information content (AvgIpc) is 2.86. The number of nitrogens with zero attached hydrogens (tertiary/aromatic N) is 2. The van der Waals surface area contributed by atoms with Gasteiger partial charge >= 0.3 is 0 Å². The van der Waals surface area contributed by atoms with E-state index in [9.17, 15) is 13.2 Å². The standard InChI is InChI=1S/C26H29N3O5S/c1-4-29(5-2)35(31,32)23-15-16-25(34-22-13-11-21(12-14-22)33-6-3)24(19-23)28-26(30)17-10-20-9-7-8-18-27-20/h7-19H,4-6H2,1-3H3,(H,28,30)/b17-10+. The topological polar surface area (TPSA) is 97.8 Å². The predicted octanol–water partition coefficient (Wildman–Crippen LogP) is 4.96. The van der Waals surface area contributed by atoms with Crippen LogP contribution < -0.4 is 14.8 Å². The summed E-state index contributed by atoms with van der Waals surface area (Å²) >= 11 is 0. The molecule has 0 saturated carbocycles. The van der Waals surface area contributed by atoms with Gasteiger partial charge in [0.05, 0.1) is 22.9 Å². The first-order valence-electron chi connectivity index (χ1n) is 11.3. The largest absolute Gasteiger partial charge is 0.494 e. The van der Waals surface area contributed by atoms with Gasteiger partial charge in [0, 0.05) is 25.4 Å². The first-order chi connectivity index (χ1) is 16.9. The van der Waals surface area contributed by atoms with Gasteiger partial charge in [-0.15, -0.1) is 0 Å². The highest BCUT2D eigenvalue weighted by Crippen LogP contribution is 2.33. The fraction of sp³-hybridized carbons (Fsp3) is 0.231. The van der Waals surface area contributed by atoms with Crippen molar-refractivity contribution < 1.29 is 22.7 Å². The maximum atomic E-state index is 13.0. The molecule has 184 valence electrons. The first-order valence-corrected chi connectivity index (χ1v) is 12.8. The number of ether oxygens (including phenoxy) is 2. The minimum absolute atomic E-state index is 0.0595. The Morgan fingerprint density at radius 3 is 2.34 bits per heavy atom. The van der Waals surface area contributed by atoms with Gasteiger partial charge in [0.2, 0.25) is 15.9 Å². The molecule has 0 saturated heterocycles. The Morgan fingerprint density at radius 2 is 1.71 bits per heavy atom. The Kier molecular flexibility index (Phi) is 8.99. The summed E-state index contributed by atoms with van der Waals surface area (Å²) in [5.74, 6) is 1.05. The second kappa shape index (κ2) is 12.1. The Hall–Kier alpha value is -3.69. The number of sulfonamides is 1. The molecule has 0 aliphatic carbocycles. The molecule has 3 aromatic rings. The van der Waals surface area contributed by atoms with Gasteiger partial charge in [-0.05, 0) is 67.6 Å². The minimum Gasteiger partial charge on any atom is -0.494 e. The number of amides is 1. The minimum atomic E-state index is -3.73. The third kappa shape index (κ3) is 6.91. The van der Waals surface area contributed by atoms with Crippen LogP contribution in [0, 0.1) is 0 Å². The summed E-state index contributed by atoms with van der Waals surface area (Å²) in [5.41, 5.74) is 0.842. The Labute approximate surface area is 206 Å². The van der Waals surface area contributed by atoms with Crippen LogP contribution in [0.4, 0.5) is 5.69 Å². The molecular weight excluding hydrogens is 466 g/mol. The lowest BCUT2D eigenvalue weighted by molar-refractivity contribution is -0.111. The van der Waals surface area contributed by atoms with Crippen molar-refractivity contribution in [3.05, 3.63) is 78.6 Å². The number of rotatable bonds is 11. The second-order valence-corrected chi connectivity index (χ2v) is 9.27. The van der Waals surface area contributed by atoms with Crippen molar-refractivity contribution in [3.8, 4) is 17.2 Å². The van der Waals surface area contributed by atoms with E-state index in [1.807, 2.05) is 13.0 Å². The summed E-state index contributed by atoms with van der Waals surface area (Å²) < 4.78 is 38.9. The molecule has 0 fully saturated rings. The molecule has 0 unspecified atom stereocenters. The highest BCUT2D eigenvalue weighted by Gasteiger charge is 2.23. The first kappa shape index (κ1) is 25.9. The summed E-state index contributed by atoms with van der Waals surface area (Å²) in [7, 11) is -3.73. The van der Waals surface area contributed by atoms with E-state index >= 15 is 0 Å². The summed E-state index contributed by atoms with van der Waals surface area (Å²) in [5, 5.41) is 2.73. The molecule has 9 heteroatoms. The molecule has 1 amide bonds. The number of pyridine rings is 1. The normalized spacial score (nSPS) is 11.5. The molecule has 0 aliphatic rings. The summed E-state index contributed by atoms with van der Waals surface area (Å²) in [6, 6.07) is 16.8. The van der Waals surface area contributed by atoms with Crippen molar-refractivity contribution in [2.24, 2.45) is 0 Å². The van der Waals surface area contributed by atoms with Gasteiger partial charge in [0.25, 0.3) is 0 Å². The lowest BCUT2D eigenvalue weighted by atomic mass is 10.2. The van der Waals surface area contributed by atoms with Crippen molar-refractivity contribution in [2.45, 2.75) is 25.7 Å². The fourth-order valence-electron chi connectivity index (χ4n) is 3.28. The molecule has 1 aromatic heterocycles. The van der Waals surface area contributed by atoms with E-state index in [0.717, 1.165) is 0 Å². The van der Waals surface area contributed by atoms with Gasteiger partial charge in [-0.25, -0.2) is 8.42 Å². The number of anilines is 1. The molecule has 0 bridgehead atoms. The van der Waals surface area contributed by atoms with E-state index in [1.165, 1.54) is 28.6 Å². The van der Waals surface area contributed by atoms with Gasteiger partial charge in [0.1, 0.15) is 11.5 Å². The van der Waals surface area contributed by atoms with Crippen LogP contribution in [0.3, 0.4) is 0 Å².